The molecule has 3 amide bonds. The van der Waals surface area contributed by atoms with E-state index in [-0.39, 0.29) is 37.1 Å². The first kappa shape index (κ1) is 19.0. The molecule has 1 aliphatic rings. The first-order valence-corrected chi connectivity index (χ1v) is 10.1. The zero-order valence-electron chi connectivity index (χ0n) is 15.9. The molecule has 3 aromatic rings. The Balaban J connectivity index is 1.59. The van der Waals surface area contributed by atoms with Crippen molar-refractivity contribution in [1.29, 1.82) is 0 Å². The number of likely N-dealkylation sites (tertiary alicyclic amines) is 1. The first-order valence-electron chi connectivity index (χ1n) is 9.27. The van der Waals surface area contributed by atoms with Crippen LogP contribution >= 0.6 is 11.3 Å². The second kappa shape index (κ2) is 7.97. The van der Waals surface area contributed by atoms with Crippen molar-refractivity contribution in [3.8, 4) is 0 Å². The number of para-hydroxylation sites is 1. The molecule has 29 heavy (non-hydrogen) atoms. The smallest absolute Gasteiger partial charge is 0.264 e. The lowest BCUT2D eigenvalue weighted by molar-refractivity contribution is -0.139. The Labute approximate surface area is 172 Å². The summed E-state index contributed by atoms with van der Waals surface area (Å²) >= 11 is 1.41. The minimum atomic E-state index is -0.189. The molecule has 2 aromatic carbocycles. The molecule has 0 atom stereocenters. The van der Waals surface area contributed by atoms with Crippen LogP contribution < -0.4 is 4.90 Å². The molecule has 6 nitrogen and oxygen atoms in total. The van der Waals surface area contributed by atoms with Gasteiger partial charge in [0.05, 0.1) is 17.9 Å². The van der Waals surface area contributed by atoms with Crippen LogP contribution in [0.1, 0.15) is 34.5 Å². The zero-order valence-corrected chi connectivity index (χ0v) is 16.7. The SMILES string of the molecule is Cc1csc(N(C(=O)c2ccc(CN3C(=O)CCC3=O)cc2)c2ccccc2)n1. The second-order valence-corrected chi connectivity index (χ2v) is 7.65. The van der Waals surface area contributed by atoms with Gasteiger partial charge in [0.15, 0.2) is 5.13 Å². The van der Waals surface area contributed by atoms with Crippen LogP contribution in [0.15, 0.2) is 60.0 Å². The standard InChI is InChI=1S/C22H19N3O3S/c1-15-14-29-22(23-15)25(18-5-3-2-4-6-18)21(28)17-9-7-16(8-10-17)13-24-19(26)11-12-20(24)27/h2-10,14H,11-13H2,1H3. The zero-order chi connectivity index (χ0) is 20.4. The predicted molar refractivity (Wildman–Crippen MR) is 111 cm³/mol. The highest BCUT2D eigenvalue weighted by Gasteiger charge is 2.29. The average molecular weight is 405 g/mol. The Morgan fingerprint density at radius 2 is 1.69 bits per heavy atom. The summed E-state index contributed by atoms with van der Waals surface area (Å²) < 4.78 is 0. The Bertz CT molecular complexity index is 1040. The number of carbonyl (C=O) groups is 3. The quantitative estimate of drug-likeness (QED) is 0.600. The van der Waals surface area contributed by atoms with Crippen molar-refractivity contribution >= 4 is 39.9 Å². The molecule has 1 aliphatic heterocycles. The summed E-state index contributed by atoms with van der Waals surface area (Å²) in [5.74, 6) is -0.487. The topological polar surface area (TPSA) is 70.6 Å². The van der Waals surface area contributed by atoms with Gasteiger partial charge in [-0.25, -0.2) is 4.98 Å². The maximum atomic E-state index is 13.3. The van der Waals surface area contributed by atoms with Crippen molar-refractivity contribution in [1.82, 2.24) is 9.88 Å². The van der Waals surface area contributed by atoms with E-state index in [0.29, 0.717) is 10.7 Å². The highest BCUT2D eigenvalue weighted by Crippen LogP contribution is 2.30. The molecule has 7 heteroatoms. The van der Waals surface area contributed by atoms with E-state index >= 15 is 0 Å². The molecule has 0 saturated carbocycles. The second-order valence-electron chi connectivity index (χ2n) is 6.82. The van der Waals surface area contributed by atoms with Crippen molar-refractivity contribution in [2.45, 2.75) is 26.3 Å². The van der Waals surface area contributed by atoms with Crippen LogP contribution in [0.2, 0.25) is 0 Å². The molecule has 1 saturated heterocycles. The van der Waals surface area contributed by atoms with Gasteiger partial charge in [-0.15, -0.1) is 11.3 Å². The summed E-state index contributed by atoms with van der Waals surface area (Å²) in [4.78, 5) is 44.2. The van der Waals surface area contributed by atoms with Crippen molar-refractivity contribution in [3.05, 3.63) is 76.8 Å². The van der Waals surface area contributed by atoms with E-state index in [2.05, 4.69) is 4.98 Å². The number of amides is 3. The van der Waals surface area contributed by atoms with Gasteiger partial charge in [0.2, 0.25) is 11.8 Å². The lowest BCUT2D eigenvalue weighted by Gasteiger charge is -2.20. The van der Waals surface area contributed by atoms with E-state index in [1.165, 1.54) is 16.2 Å². The molecular weight excluding hydrogens is 386 g/mol. The maximum Gasteiger partial charge on any atom is 0.264 e. The van der Waals surface area contributed by atoms with Crippen LogP contribution in [-0.2, 0) is 16.1 Å². The number of hydrogen-bond acceptors (Lipinski definition) is 5. The van der Waals surface area contributed by atoms with Gasteiger partial charge in [-0.3, -0.25) is 24.2 Å². The number of anilines is 2. The molecule has 0 spiro atoms. The van der Waals surface area contributed by atoms with E-state index in [9.17, 15) is 14.4 Å². The van der Waals surface area contributed by atoms with E-state index in [1.807, 2.05) is 42.6 Å². The molecule has 0 unspecified atom stereocenters. The number of carbonyl (C=O) groups excluding carboxylic acids is 3. The largest absolute Gasteiger partial charge is 0.278 e. The number of rotatable bonds is 5. The molecule has 4 rings (SSSR count). The fourth-order valence-corrected chi connectivity index (χ4v) is 4.02. The number of nitrogens with zero attached hydrogens (tertiary/aromatic N) is 3. The Kier molecular flexibility index (Phi) is 5.22. The van der Waals surface area contributed by atoms with Gasteiger partial charge < -0.3 is 0 Å². The molecule has 1 aromatic heterocycles. The van der Waals surface area contributed by atoms with Crippen molar-refractivity contribution in [3.63, 3.8) is 0 Å². The van der Waals surface area contributed by atoms with Gasteiger partial charge >= 0.3 is 0 Å². The van der Waals surface area contributed by atoms with Crippen LogP contribution in [-0.4, -0.2) is 27.6 Å². The van der Waals surface area contributed by atoms with Crippen LogP contribution in [0, 0.1) is 6.92 Å². The van der Waals surface area contributed by atoms with E-state index in [1.54, 1.807) is 29.2 Å². The monoisotopic (exact) mass is 405 g/mol. The lowest BCUT2D eigenvalue weighted by Crippen LogP contribution is -2.28. The van der Waals surface area contributed by atoms with Gasteiger partial charge in [0.1, 0.15) is 0 Å². The Hall–Kier alpha value is -3.32. The van der Waals surface area contributed by atoms with Crippen molar-refractivity contribution < 1.29 is 14.4 Å². The third kappa shape index (κ3) is 3.95. The summed E-state index contributed by atoms with van der Waals surface area (Å²) in [6.07, 6.45) is 0.545. The molecule has 0 N–H and O–H groups in total. The maximum absolute atomic E-state index is 13.3. The number of thiazole rings is 1. The number of aromatic nitrogens is 1. The van der Waals surface area contributed by atoms with E-state index in [4.69, 9.17) is 0 Å². The third-order valence-electron chi connectivity index (χ3n) is 4.71. The van der Waals surface area contributed by atoms with Crippen LogP contribution in [0.25, 0.3) is 0 Å². The van der Waals surface area contributed by atoms with Crippen LogP contribution in [0.4, 0.5) is 10.8 Å². The minimum Gasteiger partial charge on any atom is -0.278 e. The van der Waals surface area contributed by atoms with Crippen LogP contribution in [0.3, 0.4) is 0 Å². The highest BCUT2D eigenvalue weighted by molar-refractivity contribution is 7.14. The predicted octanol–water partition coefficient (Wildman–Crippen LogP) is 4.08. The van der Waals surface area contributed by atoms with E-state index < -0.39 is 0 Å². The summed E-state index contributed by atoms with van der Waals surface area (Å²) in [5.41, 5.74) is 2.91. The Morgan fingerprint density at radius 1 is 1.03 bits per heavy atom. The molecule has 0 radical (unpaired) electrons. The van der Waals surface area contributed by atoms with Crippen molar-refractivity contribution in [2.75, 3.05) is 4.90 Å². The molecule has 0 bridgehead atoms. The fourth-order valence-electron chi connectivity index (χ4n) is 3.20. The molecule has 146 valence electrons. The van der Waals surface area contributed by atoms with Gasteiger partial charge in [0.25, 0.3) is 5.91 Å². The highest BCUT2D eigenvalue weighted by atomic mass is 32.1. The average Bonchev–Trinajstić information content (AvgIpc) is 3.30. The number of aryl methyl sites for hydroxylation is 1. The molecule has 2 heterocycles. The first-order chi connectivity index (χ1) is 14.0. The summed E-state index contributed by atoms with van der Waals surface area (Å²) in [5, 5.41) is 2.52. The number of imide groups is 1. The molecule has 0 aliphatic carbocycles. The van der Waals surface area contributed by atoms with Crippen molar-refractivity contribution in [2.24, 2.45) is 0 Å². The third-order valence-corrected chi connectivity index (χ3v) is 5.66. The van der Waals surface area contributed by atoms with Gasteiger partial charge in [-0.2, -0.15) is 0 Å². The summed E-state index contributed by atoms with van der Waals surface area (Å²) in [6, 6.07) is 16.4. The summed E-state index contributed by atoms with van der Waals surface area (Å²) in [7, 11) is 0. The van der Waals surface area contributed by atoms with Gasteiger partial charge in [-0.05, 0) is 36.8 Å². The minimum absolute atomic E-state index is 0.149. The molecular formula is C22H19N3O3S. The normalized spacial score (nSPS) is 13.8. The number of hydrogen-bond donors (Lipinski definition) is 0. The lowest BCUT2D eigenvalue weighted by atomic mass is 10.1. The summed E-state index contributed by atoms with van der Waals surface area (Å²) in [6.45, 7) is 2.13. The Morgan fingerprint density at radius 3 is 2.28 bits per heavy atom. The van der Waals surface area contributed by atoms with Gasteiger partial charge in [0, 0.05) is 23.8 Å². The van der Waals surface area contributed by atoms with Crippen LogP contribution in [0.5, 0.6) is 0 Å². The fraction of sp³-hybridized carbons (Fsp3) is 0.182. The van der Waals surface area contributed by atoms with E-state index in [0.717, 1.165) is 16.9 Å². The molecule has 1 fully saturated rings. The number of benzene rings is 2. The van der Waals surface area contributed by atoms with Gasteiger partial charge in [-0.1, -0.05) is 30.3 Å².